The van der Waals surface area contributed by atoms with Gasteiger partial charge in [0.15, 0.2) is 0 Å². The van der Waals surface area contributed by atoms with Crippen molar-refractivity contribution in [2.75, 3.05) is 11.3 Å². The Bertz CT molecular complexity index is 1100. The first-order valence-corrected chi connectivity index (χ1v) is 11.1. The van der Waals surface area contributed by atoms with Gasteiger partial charge in [-0.25, -0.2) is 13.2 Å². The quantitative estimate of drug-likeness (QED) is 0.650. The Morgan fingerprint density at radius 2 is 2.15 bits per heavy atom. The number of esters is 1. The van der Waals surface area contributed by atoms with Gasteiger partial charge in [-0.3, -0.25) is 4.72 Å². The standard InChI is InChI=1S/C16H15N3O4S3/c1-2-23-16(20)13-9-5-3-7-11(9)24-15(13)19-26(21,22)12-8-4-6-10-14(12)18-25-17-10/h4,6,8,19H,2-3,5,7H2,1H3. The molecule has 136 valence electrons. The topological polar surface area (TPSA) is 98.2 Å². The highest BCUT2D eigenvalue weighted by molar-refractivity contribution is 7.93. The molecule has 0 saturated carbocycles. The molecule has 4 rings (SSSR count). The van der Waals surface area contributed by atoms with Crippen molar-refractivity contribution in [3.05, 3.63) is 34.2 Å². The lowest BCUT2D eigenvalue weighted by Crippen LogP contribution is -2.16. The van der Waals surface area contributed by atoms with Crippen molar-refractivity contribution in [2.24, 2.45) is 0 Å². The maximum absolute atomic E-state index is 13.0. The van der Waals surface area contributed by atoms with Crippen molar-refractivity contribution < 1.29 is 17.9 Å². The molecule has 1 aliphatic rings. The van der Waals surface area contributed by atoms with Gasteiger partial charge in [-0.15, -0.1) is 11.3 Å². The lowest BCUT2D eigenvalue weighted by atomic mass is 10.1. The number of aryl methyl sites for hydroxylation is 1. The Morgan fingerprint density at radius 1 is 1.31 bits per heavy atom. The molecule has 0 atom stereocenters. The van der Waals surface area contributed by atoms with Gasteiger partial charge in [0.2, 0.25) is 0 Å². The average Bonchev–Trinajstić information content (AvgIpc) is 3.28. The number of nitrogens with zero attached hydrogens (tertiary/aromatic N) is 2. The van der Waals surface area contributed by atoms with E-state index >= 15 is 0 Å². The predicted molar refractivity (Wildman–Crippen MR) is 101 cm³/mol. The second-order valence-corrected chi connectivity index (χ2v) is 9.06. The Labute approximate surface area is 158 Å². The van der Waals surface area contributed by atoms with Gasteiger partial charge in [0.05, 0.1) is 23.9 Å². The summed E-state index contributed by atoms with van der Waals surface area (Å²) in [5.41, 5.74) is 2.10. The maximum atomic E-state index is 13.0. The summed E-state index contributed by atoms with van der Waals surface area (Å²) in [6.07, 6.45) is 2.57. The summed E-state index contributed by atoms with van der Waals surface area (Å²) in [7, 11) is -3.91. The van der Waals surface area contributed by atoms with Crippen LogP contribution in [0.5, 0.6) is 0 Å². The van der Waals surface area contributed by atoms with Crippen molar-refractivity contribution in [3.8, 4) is 0 Å². The van der Waals surface area contributed by atoms with Gasteiger partial charge in [-0.1, -0.05) is 6.07 Å². The molecule has 1 aromatic carbocycles. The minimum Gasteiger partial charge on any atom is -0.462 e. The van der Waals surface area contributed by atoms with Crippen LogP contribution in [0.3, 0.4) is 0 Å². The van der Waals surface area contributed by atoms with Gasteiger partial charge in [-0.2, -0.15) is 8.75 Å². The number of rotatable bonds is 5. The zero-order chi connectivity index (χ0) is 18.3. The van der Waals surface area contributed by atoms with Gasteiger partial charge in [-0.05, 0) is 43.9 Å². The zero-order valence-electron chi connectivity index (χ0n) is 13.8. The van der Waals surface area contributed by atoms with E-state index in [1.807, 2.05) is 0 Å². The molecule has 26 heavy (non-hydrogen) atoms. The smallest absolute Gasteiger partial charge is 0.341 e. The number of aromatic nitrogens is 2. The number of hydrogen-bond donors (Lipinski definition) is 1. The molecular formula is C16H15N3O4S3. The molecule has 0 spiro atoms. The number of sulfonamides is 1. The normalized spacial score (nSPS) is 13.7. The second-order valence-electron chi connectivity index (χ2n) is 5.78. The number of carbonyl (C=O) groups excluding carboxylic acids is 1. The summed E-state index contributed by atoms with van der Waals surface area (Å²) in [5, 5.41) is 0.313. The highest BCUT2D eigenvalue weighted by Crippen LogP contribution is 2.40. The minimum atomic E-state index is -3.91. The number of nitrogens with one attached hydrogen (secondary N) is 1. The fourth-order valence-corrected chi connectivity index (χ4v) is 6.42. The van der Waals surface area contributed by atoms with Crippen LogP contribution in [0.15, 0.2) is 23.1 Å². The second kappa shape index (κ2) is 6.60. The Kier molecular flexibility index (Phi) is 4.41. The fourth-order valence-electron chi connectivity index (χ4n) is 3.07. The van der Waals surface area contributed by atoms with Crippen LogP contribution >= 0.6 is 23.1 Å². The van der Waals surface area contributed by atoms with Crippen molar-refractivity contribution in [1.29, 1.82) is 0 Å². The Balaban J connectivity index is 1.77. The lowest BCUT2D eigenvalue weighted by Gasteiger charge is -2.10. The molecule has 1 N–H and O–H groups in total. The van der Waals surface area contributed by atoms with E-state index in [2.05, 4.69) is 13.5 Å². The molecule has 2 aromatic heterocycles. The molecule has 0 aliphatic heterocycles. The van der Waals surface area contributed by atoms with Gasteiger partial charge < -0.3 is 4.74 Å². The van der Waals surface area contributed by atoms with Crippen LogP contribution in [0.2, 0.25) is 0 Å². The maximum Gasteiger partial charge on any atom is 0.341 e. The zero-order valence-corrected chi connectivity index (χ0v) is 16.3. The highest BCUT2D eigenvalue weighted by atomic mass is 32.2. The first-order valence-electron chi connectivity index (χ1n) is 8.07. The SMILES string of the molecule is CCOC(=O)c1c(NS(=O)(=O)c2cccc3nsnc23)sc2c1CCC2. The fraction of sp³-hybridized carbons (Fsp3) is 0.312. The lowest BCUT2D eigenvalue weighted by molar-refractivity contribution is 0.0527. The van der Waals surface area contributed by atoms with Crippen LogP contribution < -0.4 is 4.72 Å². The largest absolute Gasteiger partial charge is 0.462 e. The summed E-state index contributed by atoms with van der Waals surface area (Å²) in [6.45, 7) is 1.96. The number of hydrogen-bond acceptors (Lipinski definition) is 8. The summed E-state index contributed by atoms with van der Waals surface area (Å²) in [4.78, 5) is 13.5. The van der Waals surface area contributed by atoms with Gasteiger partial charge in [0.25, 0.3) is 10.0 Å². The van der Waals surface area contributed by atoms with E-state index < -0.39 is 16.0 Å². The summed E-state index contributed by atoms with van der Waals surface area (Å²) < 4.78 is 41.8. The number of anilines is 1. The highest BCUT2D eigenvalue weighted by Gasteiger charge is 2.30. The minimum absolute atomic E-state index is 0.0483. The molecule has 0 amide bonds. The monoisotopic (exact) mass is 409 g/mol. The number of carbonyl (C=O) groups is 1. The molecule has 0 unspecified atom stereocenters. The first-order chi connectivity index (χ1) is 12.5. The van der Waals surface area contributed by atoms with E-state index in [-0.39, 0.29) is 11.5 Å². The predicted octanol–water partition coefficient (Wildman–Crippen LogP) is 3.22. The van der Waals surface area contributed by atoms with Gasteiger partial charge in [0.1, 0.15) is 20.9 Å². The van der Waals surface area contributed by atoms with Crippen LogP contribution in [-0.2, 0) is 27.6 Å². The summed E-state index contributed by atoms with van der Waals surface area (Å²) in [5.74, 6) is -0.488. The van der Waals surface area contributed by atoms with E-state index in [0.717, 1.165) is 41.4 Å². The number of fused-ring (bicyclic) bond motifs is 2. The average molecular weight is 410 g/mol. The molecule has 0 bridgehead atoms. The van der Waals surface area contributed by atoms with Crippen molar-refractivity contribution >= 4 is 55.1 Å². The molecular weight excluding hydrogens is 394 g/mol. The number of thiophene rings is 1. The van der Waals surface area contributed by atoms with Crippen LogP contribution in [0.4, 0.5) is 5.00 Å². The van der Waals surface area contributed by atoms with Crippen molar-refractivity contribution in [3.63, 3.8) is 0 Å². The molecule has 0 saturated heterocycles. The van der Waals surface area contributed by atoms with Crippen LogP contribution in [0.25, 0.3) is 11.0 Å². The van der Waals surface area contributed by atoms with Crippen LogP contribution in [0.1, 0.15) is 34.1 Å². The molecule has 10 heteroatoms. The third-order valence-electron chi connectivity index (χ3n) is 4.17. The van der Waals surface area contributed by atoms with Crippen LogP contribution in [-0.4, -0.2) is 29.7 Å². The Hall–Kier alpha value is -2.04. The summed E-state index contributed by atoms with van der Waals surface area (Å²) in [6, 6.07) is 4.82. The van der Waals surface area contributed by atoms with E-state index in [1.165, 1.54) is 17.4 Å². The number of benzene rings is 1. The van der Waals surface area contributed by atoms with E-state index in [1.54, 1.807) is 19.1 Å². The van der Waals surface area contributed by atoms with Gasteiger partial charge >= 0.3 is 5.97 Å². The molecule has 7 nitrogen and oxygen atoms in total. The Morgan fingerprint density at radius 3 is 2.96 bits per heavy atom. The molecule has 1 aliphatic carbocycles. The van der Waals surface area contributed by atoms with Crippen LogP contribution in [0, 0.1) is 0 Å². The molecule has 0 radical (unpaired) electrons. The van der Waals surface area contributed by atoms with Crippen molar-refractivity contribution in [1.82, 2.24) is 8.75 Å². The van der Waals surface area contributed by atoms with E-state index in [9.17, 15) is 13.2 Å². The number of ether oxygens (including phenoxy) is 1. The third-order valence-corrected chi connectivity index (χ3v) is 7.43. The molecule has 0 fully saturated rings. The third kappa shape index (κ3) is 2.87. The first kappa shape index (κ1) is 17.4. The van der Waals surface area contributed by atoms with Gasteiger partial charge in [0, 0.05) is 4.88 Å². The molecule has 2 heterocycles. The van der Waals surface area contributed by atoms with E-state index in [4.69, 9.17) is 4.74 Å². The van der Waals surface area contributed by atoms with E-state index in [0.29, 0.717) is 21.6 Å². The summed E-state index contributed by atoms with van der Waals surface area (Å²) >= 11 is 2.27. The molecule has 3 aromatic rings. The van der Waals surface area contributed by atoms with Crippen molar-refractivity contribution in [2.45, 2.75) is 31.1 Å².